The van der Waals surface area contributed by atoms with E-state index in [0.29, 0.717) is 11.3 Å². The van der Waals surface area contributed by atoms with Crippen molar-refractivity contribution in [1.29, 1.82) is 0 Å². The first-order valence-corrected chi connectivity index (χ1v) is 8.79. The molecule has 0 aliphatic carbocycles. The number of esters is 1. The molecule has 0 radical (unpaired) electrons. The van der Waals surface area contributed by atoms with Gasteiger partial charge in [0.2, 0.25) is 5.91 Å². The number of hydrogen-bond acceptors (Lipinski definition) is 4. The third-order valence-electron chi connectivity index (χ3n) is 4.34. The molecule has 142 valence electrons. The minimum Gasteiger partial charge on any atom is -0.465 e. The van der Waals surface area contributed by atoms with E-state index >= 15 is 0 Å². The van der Waals surface area contributed by atoms with E-state index in [4.69, 9.17) is 4.74 Å². The number of aromatic nitrogens is 2. The standard InChI is InChI=1S/C22H21N3O3/c1-15-18(16(2)25(24-15)17-9-5-4-6-10-17)13-14-21(26)23-20-12-8-7-11-19(20)22(27)28-3/h4-14H,1-3H3,(H,23,26)/b14-13+. The van der Waals surface area contributed by atoms with Crippen LogP contribution >= 0.6 is 0 Å². The molecule has 0 unspecified atom stereocenters. The van der Waals surface area contributed by atoms with Gasteiger partial charge < -0.3 is 10.1 Å². The number of anilines is 1. The molecular formula is C22H21N3O3. The van der Waals surface area contributed by atoms with E-state index in [9.17, 15) is 9.59 Å². The second-order valence-electron chi connectivity index (χ2n) is 6.19. The van der Waals surface area contributed by atoms with E-state index < -0.39 is 5.97 Å². The largest absolute Gasteiger partial charge is 0.465 e. The molecule has 0 bridgehead atoms. The van der Waals surface area contributed by atoms with Crippen molar-refractivity contribution in [1.82, 2.24) is 9.78 Å². The van der Waals surface area contributed by atoms with Gasteiger partial charge >= 0.3 is 5.97 Å². The Balaban J connectivity index is 1.81. The van der Waals surface area contributed by atoms with Crippen molar-refractivity contribution >= 4 is 23.6 Å². The minimum atomic E-state index is -0.504. The number of rotatable bonds is 5. The van der Waals surface area contributed by atoms with E-state index in [1.807, 2.05) is 48.9 Å². The van der Waals surface area contributed by atoms with Gasteiger partial charge in [0.25, 0.3) is 0 Å². The summed E-state index contributed by atoms with van der Waals surface area (Å²) in [6.45, 7) is 3.85. The molecule has 1 amide bonds. The molecule has 0 aliphatic heterocycles. The lowest BCUT2D eigenvalue weighted by Crippen LogP contribution is -2.12. The molecule has 6 nitrogen and oxygen atoms in total. The zero-order valence-corrected chi connectivity index (χ0v) is 16.0. The van der Waals surface area contributed by atoms with Crippen LogP contribution in [0.5, 0.6) is 0 Å². The molecule has 1 heterocycles. The molecule has 1 N–H and O–H groups in total. The lowest BCUT2D eigenvalue weighted by molar-refractivity contribution is -0.111. The topological polar surface area (TPSA) is 73.2 Å². The molecule has 1 aromatic heterocycles. The average molecular weight is 375 g/mol. The van der Waals surface area contributed by atoms with Crippen LogP contribution in [0.1, 0.15) is 27.3 Å². The monoisotopic (exact) mass is 375 g/mol. The Morgan fingerprint density at radius 3 is 2.43 bits per heavy atom. The molecule has 28 heavy (non-hydrogen) atoms. The number of amides is 1. The normalized spacial score (nSPS) is 10.8. The van der Waals surface area contributed by atoms with Crippen molar-refractivity contribution in [3.8, 4) is 5.69 Å². The third-order valence-corrected chi connectivity index (χ3v) is 4.34. The summed E-state index contributed by atoms with van der Waals surface area (Å²) in [4.78, 5) is 24.2. The average Bonchev–Trinajstić information content (AvgIpc) is 3.00. The lowest BCUT2D eigenvalue weighted by Gasteiger charge is -2.07. The summed E-state index contributed by atoms with van der Waals surface area (Å²) in [5.74, 6) is -0.849. The van der Waals surface area contributed by atoms with Crippen LogP contribution in [0.4, 0.5) is 5.69 Å². The van der Waals surface area contributed by atoms with Crippen LogP contribution < -0.4 is 5.32 Å². The molecule has 0 spiro atoms. The fourth-order valence-corrected chi connectivity index (χ4v) is 2.93. The first kappa shape index (κ1) is 19.1. The zero-order valence-electron chi connectivity index (χ0n) is 16.0. The van der Waals surface area contributed by atoms with Gasteiger partial charge in [-0.05, 0) is 44.2 Å². The van der Waals surface area contributed by atoms with Crippen molar-refractivity contribution in [3.63, 3.8) is 0 Å². The summed E-state index contributed by atoms with van der Waals surface area (Å²) in [7, 11) is 1.30. The first-order valence-electron chi connectivity index (χ1n) is 8.79. The maximum Gasteiger partial charge on any atom is 0.339 e. The number of nitrogens with one attached hydrogen (secondary N) is 1. The van der Waals surface area contributed by atoms with Gasteiger partial charge in [0.1, 0.15) is 0 Å². The molecule has 0 atom stereocenters. The number of hydrogen-bond donors (Lipinski definition) is 1. The van der Waals surface area contributed by atoms with E-state index in [-0.39, 0.29) is 5.91 Å². The highest BCUT2D eigenvalue weighted by atomic mass is 16.5. The van der Waals surface area contributed by atoms with Crippen LogP contribution in [0.15, 0.2) is 60.7 Å². The summed E-state index contributed by atoms with van der Waals surface area (Å²) in [5, 5.41) is 7.28. The molecule has 2 aromatic carbocycles. The second-order valence-corrected chi connectivity index (χ2v) is 6.19. The van der Waals surface area contributed by atoms with E-state index in [0.717, 1.165) is 22.6 Å². The van der Waals surface area contributed by atoms with Crippen LogP contribution in [0.3, 0.4) is 0 Å². The molecule has 0 fully saturated rings. The number of ether oxygens (including phenoxy) is 1. The van der Waals surface area contributed by atoms with Gasteiger partial charge in [-0.2, -0.15) is 5.10 Å². The van der Waals surface area contributed by atoms with Crippen molar-refractivity contribution in [3.05, 3.63) is 83.2 Å². The smallest absolute Gasteiger partial charge is 0.339 e. The molecular weight excluding hydrogens is 354 g/mol. The van der Waals surface area contributed by atoms with Gasteiger partial charge in [-0.1, -0.05) is 30.3 Å². The van der Waals surface area contributed by atoms with Crippen LogP contribution in [0.25, 0.3) is 11.8 Å². The fraction of sp³-hybridized carbons (Fsp3) is 0.136. The third kappa shape index (κ3) is 4.01. The Kier molecular flexibility index (Phi) is 5.69. The summed E-state index contributed by atoms with van der Waals surface area (Å²) in [6, 6.07) is 16.5. The summed E-state index contributed by atoms with van der Waals surface area (Å²) < 4.78 is 6.59. The van der Waals surface area contributed by atoms with Gasteiger partial charge in [0.15, 0.2) is 0 Å². The first-order chi connectivity index (χ1) is 13.5. The van der Waals surface area contributed by atoms with Gasteiger partial charge in [0, 0.05) is 17.3 Å². The second kappa shape index (κ2) is 8.35. The number of nitrogens with zero attached hydrogens (tertiary/aromatic N) is 2. The van der Waals surface area contributed by atoms with Crippen LogP contribution in [-0.4, -0.2) is 28.8 Å². The Hall–Kier alpha value is -3.67. The number of aryl methyl sites for hydroxylation is 1. The number of benzene rings is 2. The number of para-hydroxylation sites is 2. The molecule has 6 heteroatoms. The fourth-order valence-electron chi connectivity index (χ4n) is 2.93. The Bertz CT molecular complexity index is 1040. The van der Waals surface area contributed by atoms with Crippen molar-refractivity contribution in [2.45, 2.75) is 13.8 Å². The Morgan fingerprint density at radius 1 is 1.04 bits per heavy atom. The lowest BCUT2D eigenvalue weighted by atomic mass is 10.1. The molecule has 0 saturated heterocycles. The summed E-state index contributed by atoms with van der Waals surface area (Å²) >= 11 is 0. The van der Waals surface area contributed by atoms with Gasteiger partial charge in [-0.15, -0.1) is 0 Å². The zero-order chi connectivity index (χ0) is 20.1. The van der Waals surface area contributed by atoms with Crippen LogP contribution in [-0.2, 0) is 9.53 Å². The van der Waals surface area contributed by atoms with Crippen LogP contribution in [0.2, 0.25) is 0 Å². The quantitative estimate of drug-likeness (QED) is 0.542. The van der Waals surface area contributed by atoms with E-state index in [1.165, 1.54) is 13.2 Å². The SMILES string of the molecule is COC(=O)c1ccccc1NC(=O)/C=C/c1c(C)nn(-c2ccccc2)c1C. The predicted molar refractivity (Wildman–Crippen MR) is 108 cm³/mol. The number of methoxy groups -OCH3 is 1. The molecule has 0 saturated carbocycles. The van der Waals surface area contributed by atoms with E-state index in [2.05, 4.69) is 10.4 Å². The van der Waals surface area contributed by atoms with Crippen LogP contribution in [0, 0.1) is 13.8 Å². The number of carbonyl (C=O) groups excluding carboxylic acids is 2. The van der Waals surface area contributed by atoms with Gasteiger partial charge in [0.05, 0.1) is 29.7 Å². The minimum absolute atomic E-state index is 0.302. The summed E-state index contributed by atoms with van der Waals surface area (Å²) in [6.07, 6.45) is 3.16. The number of carbonyl (C=O) groups is 2. The van der Waals surface area contributed by atoms with Gasteiger partial charge in [-0.25, -0.2) is 9.48 Å². The van der Waals surface area contributed by atoms with Crippen molar-refractivity contribution in [2.75, 3.05) is 12.4 Å². The van der Waals surface area contributed by atoms with Gasteiger partial charge in [-0.3, -0.25) is 4.79 Å². The summed E-state index contributed by atoms with van der Waals surface area (Å²) in [5.41, 5.74) is 4.29. The van der Waals surface area contributed by atoms with Crippen molar-refractivity contribution < 1.29 is 14.3 Å². The maximum atomic E-state index is 12.4. The maximum absolute atomic E-state index is 12.4. The van der Waals surface area contributed by atoms with E-state index in [1.54, 1.807) is 30.3 Å². The molecule has 0 aliphatic rings. The Morgan fingerprint density at radius 2 is 1.71 bits per heavy atom. The highest BCUT2D eigenvalue weighted by molar-refractivity contribution is 6.06. The predicted octanol–water partition coefficient (Wildman–Crippen LogP) is 3.93. The highest BCUT2D eigenvalue weighted by Gasteiger charge is 2.13. The molecule has 3 rings (SSSR count). The Labute approximate surface area is 163 Å². The van der Waals surface area contributed by atoms with Crippen molar-refractivity contribution in [2.24, 2.45) is 0 Å². The molecule has 3 aromatic rings. The highest BCUT2D eigenvalue weighted by Crippen LogP contribution is 2.20.